The minimum absolute atomic E-state index is 0.761. The van der Waals surface area contributed by atoms with Gasteiger partial charge in [-0.15, -0.1) is 0 Å². The van der Waals surface area contributed by atoms with Crippen LogP contribution in [0.3, 0.4) is 0 Å². The van der Waals surface area contributed by atoms with Crippen LogP contribution in [-0.2, 0) is 15.4 Å². The van der Waals surface area contributed by atoms with Crippen molar-refractivity contribution in [3.63, 3.8) is 0 Å². The van der Waals surface area contributed by atoms with E-state index in [1.165, 1.54) is 5.69 Å². The number of piperazine rings is 1. The molecule has 2 aromatic rings. The Morgan fingerprint density at radius 2 is 1.36 bits per heavy atom. The molecule has 0 bridgehead atoms. The Morgan fingerprint density at radius 3 is 1.96 bits per heavy atom. The van der Waals surface area contributed by atoms with Crippen molar-refractivity contribution in [3.05, 3.63) is 60.2 Å². The summed E-state index contributed by atoms with van der Waals surface area (Å²) in [5.74, 6) is -0.188. The van der Waals surface area contributed by atoms with Crippen LogP contribution in [0.15, 0.2) is 54.6 Å². The molecule has 5 heteroatoms. The molecule has 0 radical (unpaired) electrons. The van der Waals surface area contributed by atoms with Crippen LogP contribution in [0.2, 0.25) is 0 Å². The van der Waals surface area contributed by atoms with E-state index < -0.39 is 5.91 Å². The van der Waals surface area contributed by atoms with Gasteiger partial charge in [0, 0.05) is 46.1 Å². The first-order valence-corrected chi connectivity index (χ1v) is 8.54. The molecule has 1 saturated heterocycles. The molecule has 1 heterocycles. The van der Waals surface area contributed by atoms with E-state index in [0.717, 1.165) is 37.5 Å². The van der Waals surface area contributed by atoms with Crippen molar-refractivity contribution >= 4 is 5.69 Å². The first kappa shape index (κ1) is 17.7. The zero-order valence-corrected chi connectivity index (χ0v) is 15.1. The lowest BCUT2D eigenvalue weighted by Gasteiger charge is -2.46. The van der Waals surface area contributed by atoms with E-state index in [9.17, 15) is 0 Å². The Hall–Kier alpha value is -2.08. The van der Waals surface area contributed by atoms with Crippen LogP contribution in [0.1, 0.15) is 5.56 Å². The fraction of sp³-hybridized carbons (Fsp3) is 0.400. The van der Waals surface area contributed by atoms with Gasteiger partial charge in [0.15, 0.2) is 0 Å². The molecule has 1 aliphatic heterocycles. The summed E-state index contributed by atoms with van der Waals surface area (Å²) in [5, 5.41) is 0. The number of benzene rings is 2. The third-order valence-corrected chi connectivity index (χ3v) is 4.82. The minimum Gasteiger partial charge on any atom is -0.496 e. The van der Waals surface area contributed by atoms with Crippen LogP contribution in [0.5, 0.6) is 5.75 Å². The topological polar surface area (TPSA) is 34.2 Å². The summed E-state index contributed by atoms with van der Waals surface area (Å²) in [7, 11) is 5.03. The molecular formula is C20H26N2O3. The second-order valence-corrected chi connectivity index (χ2v) is 6.00. The molecule has 0 saturated carbocycles. The van der Waals surface area contributed by atoms with Gasteiger partial charge in [-0.1, -0.05) is 30.3 Å². The molecule has 0 spiro atoms. The van der Waals surface area contributed by atoms with Crippen molar-refractivity contribution in [3.8, 4) is 5.75 Å². The van der Waals surface area contributed by atoms with E-state index in [4.69, 9.17) is 14.2 Å². The van der Waals surface area contributed by atoms with E-state index in [2.05, 4.69) is 34.1 Å². The van der Waals surface area contributed by atoms with Gasteiger partial charge in [-0.25, -0.2) is 4.90 Å². The lowest BCUT2D eigenvalue weighted by atomic mass is 10.1. The minimum atomic E-state index is -0.949. The van der Waals surface area contributed by atoms with Crippen LogP contribution in [0.25, 0.3) is 0 Å². The highest BCUT2D eigenvalue weighted by Gasteiger charge is 2.43. The number of nitrogens with zero attached hydrogens (tertiary/aromatic N) is 2. The van der Waals surface area contributed by atoms with Gasteiger partial charge in [0.2, 0.25) is 0 Å². The normalized spacial score (nSPS) is 16.0. The molecule has 2 aromatic carbocycles. The van der Waals surface area contributed by atoms with E-state index in [-0.39, 0.29) is 0 Å². The maximum Gasteiger partial charge on any atom is 0.261 e. The van der Waals surface area contributed by atoms with Crippen LogP contribution in [-0.4, -0.2) is 52.4 Å². The summed E-state index contributed by atoms with van der Waals surface area (Å²) in [6, 6.07) is 18.3. The number of para-hydroxylation sites is 2. The highest BCUT2D eigenvalue weighted by Crippen LogP contribution is 2.37. The van der Waals surface area contributed by atoms with Gasteiger partial charge in [0.05, 0.1) is 12.7 Å². The van der Waals surface area contributed by atoms with E-state index >= 15 is 0 Å². The fourth-order valence-corrected chi connectivity index (χ4v) is 3.54. The maximum absolute atomic E-state index is 5.90. The molecule has 0 atom stereocenters. The highest BCUT2D eigenvalue weighted by atomic mass is 16.7. The smallest absolute Gasteiger partial charge is 0.261 e. The zero-order valence-electron chi connectivity index (χ0n) is 15.1. The first-order valence-electron chi connectivity index (χ1n) is 8.54. The largest absolute Gasteiger partial charge is 0.496 e. The van der Waals surface area contributed by atoms with Gasteiger partial charge in [-0.05, 0) is 24.3 Å². The number of rotatable bonds is 6. The van der Waals surface area contributed by atoms with Crippen molar-refractivity contribution in [1.82, 2.24) is 4.90 Å². The SMILES string of the molecule is COc1ccccc1C(OC)(OC)N1CCN(c2ccccc2)CC1. The monoisotopic (exact) mass is 342 g/mol. The third-order valence-electron chi connectivity index (χ3n) is 4.82. The van der Waals surface area contributed by atoms with Gasteiger partial charge in [-0.2, -0.15) is 0 Å². The molecule has 0 amide bonds. The lowest BCUT2D eigenvalue weighted by molar-refractivity contribution is -0.308. The summed E-state index contributed by atoms with van der Waals surface area (Å²) in [6.07, 6.45) is 0. The summed E-state index contributed by atoms with van der Waals surface area (Å²) in [4.78, 5) is 4.61. The second-order valence-electron chi connectivity index (χ2n) is 6.00. The predicted molar refractivity (Wildman–Crippen MR) is 98.9 cm³/mol. The predicted octanol–water partition coefficient (Wildman–Crippen LogP) is 2.92. The molecule has 0 aromatic heterocycles. The van der Waals surface area contributed by atoms with Crippen LogP contribution >= 0.6 is 0 Å². The molecule has 1 aliphatic rings. The number of anilines is 1. The second kappa shape index (κ2) is 7.87. The molecule has 0 N–H and O–H groups in total. The summed E-state index contributed by atoms with van der Waals surface area (Å²) in [5.41, 5.74) is 2.13. The van der Waals surface area contributed by atoms with Crippen molar-refractivity contribution in [2.75, 3.05) is 52.4 Å². The van der Waals surface area contributed by atoms with Crippen molar-refractivity contribution in [1.29, 1.82) is 0 Å². The Labute approximate surface area is 149 Å². The van der Waals surface area contributed by atoms with Crippen LogP contribution in [0.4, 0.5) is 5.69 Å². The Kier molecular flexibility index (Phi) is 5.58. The van der Waals surface area contributed by atoms with Gasteiger partial charge >= 0.3 is 0 Å². The third kappa shape index (κ3) is 3.35. The van der Waals surface area contributed by atoms with E-state index in [1.807, 2.05) is 30.3 Å². The summed E-state index contributed by atoms with van der Waals surface area (Å²) in [6.45, 7) is 3.48. The first-order chi connectivity index (χ1) is 12.2. The fourth-order valence-electron chi connectivity index (χ4n) is 3.54. The van der Waals surface area contributed by atoms with Crippen molar-refractivity contribution < 1.29 is 14.2 Å². The quantitative estimate of drug-likeness (QED) is 0.754. The standard InChI is InChI=1S/C20H26N2O3/c1-23-19-12-8-7-11-18(19)20(24-2,25-3)22-15-13-21(14-16-22)17-9-5-4-6-10-17/h4-12H,13-16H2,1-3H3. The van der Waals surface area contributed by atoms with Gasteiger partial charge in [0.1, 0.15) is 5.75 Å². The average Bonchev–Trinajstić information content (AvgIpc) is 2.71. The molecule has 0 aliphatic carbocycles. The van der Waals surface area contributed by atoms with Crippen LogP contribution < -0.4 is 9.64 Å². The Morgan fingerprint density at radius 1 is 0.760 bits per heavy atom. The highest BCUT2D eigenvalue weighted by molar-refractivity contribution is 5.46. The van der Waals surface area contributed by atoms with Crippen molar-refractivity contribution in [2.45, 2.75) is 5.91 Å². The maximum atomic E-state index is 5.90. The zero-order chi connectivity index (χ0) is 17.7. The van der Waals surface area contributed by atoms with Gasteiger partial charge in [-0.3, -0.25) is 0 Å². The molecule has 0 unspecified atom stereocenters. The Balaban J connectivity index is 1.83. The molecular weight excluding hydrogens is 316 g/mol. The average molecular weight is 342 g/mol. The molecule has 25 heavy (non-hydrogen) atoms. The number of methoxy groups -OCH3 is 3. The van der Waals surface area contributed by atoms with Crippen LogP contribution in [0, 0.1) is 0 Å². The van der Waals surface area contributed by atoms with E-state index in [0.29, 0.717) is 0 Å². The molecule has 5 nitrogen and oxygen atoms in total. The Bertz CT molecular complexity index is 666. The lowest BCUT2D eigenvalue weighted by Crippen LogP contribution is -2.57. The number of hydrogen-bond acceptors (Lipinski definition) is 5. The summed E-state index contributed by atoms with van der Waals surface area (Å²) < 4.78 is 17.3. The van der Waals surface area contributed by atoms with Gasteiger partial charge < -0.3 is 19.1 Å². The number of hydrogen-bond donors (Lipinski definition) is 0. The number of ether oxygens (including phenoxy) is 3. The summed E-state index contributed by atoms with van der Waals surface area (Å²) >= 11 is 0. The molecule has 1 fully saturated rings. The van der Waals surface area contributed by atoms with Crippen molar-refractivity contribution in [2.24, 2.45) is 0 Å². The molecule has 134 valence electrons. The van der Waals surface area contributed by atoms with Gasteiger partial charge in [0.25, 0.3) is 5.91 Å². The van der Waals surface area contributed by atoms with E-state index in [1.54, 1.807) is 21.3 Å². The molecule has 3 rings (SSSR count).